The van der Waals surface area contributed by atoms with E-state index in [0.29, 0.717) is 0 Å². The normalized spacial score (nSPS) is 14.3. The van der Waals surface area contributed by atoms with Crippen molar-refractivity contribution < 1.29 is 41.5 Å². The van der Waals surface area contributed by atoms with E-state index in [2.05, 4.69) is 0 Å². The molecule has 13 nitrogen and oxygen atoms in total. The van der Waals surface area contributed by atoms with Gasteiger partial charge < -0.3 is 23.5 Å². The summed E-state index contributed by atoms with van der Waals surface area (Å²) in [6.45, 7) is 1.90. The Balaban J connectivity index is 1.48. The Morgan fingerprint density at radius 3 is 1.19 bits per heavy atom. The Bertz CT molecular complexity index is 3450. The van der Waals surface area contributed by atoms with Crippen molar-refractivity contribution in [3.63, 3.8) is 0 Å². The van der Waals surface area contributed by atoms with Gasteiger partial charge in [0.15, 0.2) is 11.1 Å². The van der Waals surface area contributed by atoms with Gasteiger partial charge in [-0.05, 0) is 85.6 Å². The number of rotatable bonds is 8. The van der Waals surface area contributed by atoms with E-state index in [9.17, 15) is 34.2 Å². The molecule has 6 aromatic carbocycles. The largest absolute Gasteiger partial charge is 0.480 e. The summed E-state index contributed by atoms with van der Waals surface area (Å²) in [5.41, 5.74) is -9.27. The average molecular weight is 808 g/mol. The molecular weight excluding hydrogens is 779 g/mol. The molecule has 0 aliphatic carbocycles. The van der Waals surface area contributed by atoms with Crippen LogP contribution < -0.4 is 16.3 Å². The van der Waals surface area contributed by atoms with Gasteiger partial charge in [0.25, 0.3) is 0 Å². The van der Waals surface area contributed by atoms with Gasteiger partial charge in [0, 0.05) is 0 Å². The molecule has 9 aromatic rings. The third-order valence-corrected chi connectivity index (χ3v) is 13.1. The van der Waals surface area contributed by atoms with Crippen molar-refractivity contribution in [3.05, 3.63) is 169 Å². The van der Waals surface area contributed by atoms with E-state index in [1.165, 1.54) is 84.9 Å². The van der Waals surface area contributed by atoms with Crippen molar-refractivity contribution in [1.82, 2.24) is 4.31 Å². The lowest BCUT2D eigenvalue weighted by Crippen LogP contribution is -2.63. The average Bonchev–Trinajstić information content (AvgIpc) is 3.23. The number of sulfonamides is 1. The zero-order chi connectivity index (χ0) is 41.6. The molecule has 0 aliphatic heterocycles. The number of nitrogens with zero attached hydrogens (tertiary/aromatic N) is 1. The summed E-state index contributed by atoms with van der Waals surface area (Å²) in [5, 5.41) is 22.0. The second-order valence-electron chi connectivity index (χ2n) is 14.3. The maximum atomic E-state index is 16.0. The fraction of sp³-hybridized carbons (Fsp3) is 0.0889. The van der Waals surface area contributed by atoms with Crippen molar-refractivity contribution >= 4 is 87.8 Å². The van der Waals surface area contributed by atoms with Crippen LogP contribution in [0.15, 0.2) is 160 Å². The number of fused-ring (bicyclic) bond motifs is 6. The Kier molecular flexibility index (Phi) is 8.23. The molecule has 0 saturated carbocycles. The number of carbonyl (C=O) groups is 2. The van der Waals surface area contributed by atoms with Gasteiger partial charge in [0.1, 0.15) is 33.5 Å². The molecule has 2 unspecified atom stereocenters. The maximum Gasteiger partial charge on any atom is 0.329 e. The van der Waals surface area contributed by atoms with Crippen LogP contribution in [0.5, 0.6) is 0 Å². The summed E-state index contributed by atoms with van der Waals surface area (Å²) in [7, 11) is -5.62. The van der Waals surface area contributed by atoms with Crippen molar-refractivity contribution in [2.75, 3.05) is 0 Å². The zero-order valence-electron chi connectivity index (χ0n) is 31.0. The minimum atomic E-state index is -5.62. The lowest BCUT2D eigenvalue weighted by molar-refractivity contribution is -0.159. The van der Waals surface area contributed by atoms with Gasteiger partial charge in [-0.25, -0.2) is 18.0 Å². The van der Waals surface area contributed by atoms with E-state index in [1.54, 1.807) is 36.4 Å². The number of para-hydroxylation sites is 3. The summed E-state index contributed by atoms with van der Waals surface area (Å²) >= 11 is 0. The SMILES string of the molecule is CC(C(=O)O)(c1cccc2oc3ccccc3c(=O)c12)N(C(C)(C(=O)O)c1cccc2oc3ccccc3c(=O)c12)S(=O)(=O)c1cccc2oc3ccccc3c(=O)c12. The van der Waals surface area contributed by atoms with Gasteiger partial charge in [-0.2, -0.15) is 4.31 Å². The van der Waals surface area contributed by atoms with Crippen LogP contribution in [0.4, 0.5) is 0 Å². The van der Waals surface area contributed by atoms with Gasteiger partial charge in [-0.15, -0.1) is 0 Å². The Morgan fingerprint density at radius 2 is 0.797 bits per heavy atom. The lowest BCUT2D eigenvalue weighted by atomic mass is 9.81. The van der Waals surface area contributed by atoms with Gasteiger partial charge >= 0.3 is 11.9 Å². The summed E-state index contributed by atoms with van der Waals surface area (Å²) < 4.78 is 50.3. The number of carboxylic acids is 2. The van der Waals surface area contributed by atoms with E-state index >= 15 is 8.42 Å². The molecule has 2 N–H and O–H groups in total. The highest BCUT2D eigenvalue weighted by Crippen LogP contribution is 2.48. The molecule has 14 heteroatoms. The van der Waals surface area contributed by atoms with Crippen LogP contribution in [0.1, 0.15) is 25.0 Å². The summed E-state index contributed by atoms with van der Waals surface area (Å²) in [4.78, 5) is 70.9. The first kappa shape index (κ1) is 37.2. The lowest BCUT2D eigenvalue weighted by Gasteiger charge is -2.46. The Morgan fingerprint density at radius 1 is 0.475 bits per heavy atom. The van der Waals surface area contributed by atoms with Crippen LogP contribution in [0, 0.1) is 0 Å². The summed E-state index contributed by atoms with van der Waals surface area (Å²) in [5.74, 6) is -3.83. The number of hydrogen-bond acceptors (Lipinski definition) is 10. The highest BCUT2D eigenvalue weighted by atomic mass is 32.2. The Labute approximate surface area is 331 Å². The van der Waals surface area contributed by atoms with E-state index in [4.69, 9.17) is 13.3 Å². The van der Waals surface area contributed by atoms with E-state index in [-0.39, 0.29) is 64.7 Å². The molecule has 0 radical (unpaired) electrons. The van der Waals surface area contributed by atoms with Crippen LogP contribution in [0.2, 0.25) is 0 Å². The predicted molar refractivity (Wildman–Crippen MR) is 219 cm³/mol. The minimum Gasteiger partial charge on any atom is -0.480 e. The topological polar surface area (TPSA) is 203 Å². The molecule has 2 atom stereocenters. The van der Waals surface area contributed by atoms with Crippen LogP contribution in [-0.4, -0.2) is 34.9 Å². The minimum absolute atomic E-state index is 0.00623. The summed E-state index contributed by atoms with van der Waals surface area (Å²) in [6.07, 6.45) is 0. The molecule has 0 aliphatic rings. The monoisotopic (exact) mass is 807 g/mol. The van der Waals surface area contributed by atoms with Crippen LogP contribution in [-0.2, 0) is 30.7 Å². The van der Waals surface area contributed by atoms with Gasteiger partial charge in [-0.3, -0.25) is 14.4 Å². The smallest absolute Gasteiger partial charge is 0.329 e. The van der Waals surface area contributed by atoms with Crippen LogP contribution in [0.3, 0.4) is 0 Å². The maximum absolute atomic E-state index is 16.0. The van der Waals surface area contributed by atoms with E-state index < -0.39 is 70.7 Å². The fourth-order valence-corrected chi connectivity index (χ4v) is 10.4. The second kappa shape index (κ2) is 13.1. The summed E-state index contributed by atoms with van der Waals surface area (Å²) in [6, 6.07) is 30.0. The van der Waals surface area contributed by atoms with Gasteiger partial charge in [0.2, 0.25) is 26.3 Å². The zero-order valence-corrected chi connectivity index (χ0v) is 31.8. The van der Waals surface area contributed by atoms with Crippen molar-refractivity contribution in [3.8, 4) is 0 Å². The highest BCUT2D eigenvalue weighted by Gasteiger charge is 2.61. The molecule has 0 saturated heterocycles. The second-order valence-corrected chi connectivity index (χ2v) is 16.0. The first-order chi connectivity index (χ1) is 28.2. The molecular formula is C45H29NO12S. The van der Waals surface area contributed by atoms with E-state index in [1.807, 2.05) is 0 Å². The molecule has 9 rings (SSSR count). The first-order valence-corrected chi connectivity index (χ1v) is 19.5. The molecule has 0 amide bonds. The molecule has 3 heterocycles. The number of benzene rings is 6. The van der Waals surface area contributed by atoms with Crippen molar-refractivity contribution in [2.45, 2.75) is 29.8 Å². The molecule has 3 aromatic heterocycles. The van der Waals surface area contributed by atoms with Crippen LogP contribution >= 0.6 is 0 Å². The number of carboxylic acid groups (broad SMARTS) is 2. The van der Waals surface area contributed by atoms with E-state index in [0.717, 1.165) is 19.9 Å². The molecule has 292 valence electrons. The first-order valence-electron chi connectivity index (χ1n) is 18.1. The predicted octanol–water partition coefficient (Wildman–Crippen LogP) is 7.46. The molecule has 0 bridgehead atoms. The van der Waals surface area contributed by atoms with Crippen molar-refractivity contribution in [2.24, 2.45) is 0 Å². The standard InChI is InChI=1S/C45H29NO12S/c1-44(42(50)51,27-15-9-20-32-36(27)39(47)24-12-3-6-17-29(24)56-32)46(59(54,55)35-23-11-22-34-38(35)41(49)26-14-5-8-19-31(26)58-34)45(2,43(52)53)28-16-10-21-33-37(28)40(48)25-13-4-7-18-30(25)57-33/h3-23H,1-2H3,(H,50,51)(H,52,53). The third-order valence-electron chi connectivity index (χ3n) is 11.0. The molecule has 59 heavy (non-hydrogen) atoms. The number of aliphatic carboxylic acids is 2. The molecule has 0 spiro atoms. The number of hydrogen-bond donors (Lipinski definition) is 2. The fourth-order valence-electron chi connectivity index (χ4n) is 8.19. The van der Waals surface area contributed by atoms with Gasteiger partial charge in [-0.1, -0.05) is 66.7 Å². The Hall–Kier alpha value is -7.42. The molecule has 0 fully saturated rings. The van der Waals surface area contributed by atoms with Crippen molar-refractivity contribution in [1.29, 1.82) is 0 Å². The van der Waals surface area contributed by atoms with Gasteiger partial charge in [0.05, 0.1) is 37.2 Å². The quantitative estimate of drug-likeness (QED) is 0.144. The highest BCUT2D eigenvalue weighted by molar-refractivity contribution is 7.89. The van der Waals surface area contributed by atoms with Crippen LogP contribution in [0.25, 0.3) is 65.8 Å². The third kappa shape index (κ3) is 5.20.